The van der Waals surface area contributed by atoms with Gasteiger partial charge in [-0.2, -0.15) is 8.42 Å². The SMILES string of the molecule is CC(=O)Nc1ccc(OS(=O)(=O)c2ccc(C)cc2)cc1Br. The molecule has 1 N–H and O–H groups in total. The highest BCUT2D eigenvalue weighted by Gasteiger charge is 2.17. The van der Waals surface area contributed by atoms with Crippen LogP contribution < -0.4 is 9.50 Å². The maximum Gasteiger partial charge on any atom is 0.339 e. The van der Waals surface area contributed by atoms with Gasteiger partial charge in [0, 0.05) is 11.4 Å². The fraction of sp³-hybridized carbons (Fsp3) is 0.133. The standard InChI is InChI=1S/C15H14BrNO4S/c1-10-3-6-13(7-4-10)22(19,20)21-12-5-8-15(14(16)9-12)17-11(2)18/h3-9H,1-2H3,(H,17,18). The average Bonchev–Trinajstić information content (AvgIpc) is 2.41. The van der Waals surface area contributed by atoms with Crippen LogP contribution in [0, 0.1) is 6.92 Å². The molecule has 0 aliphatic rings. The molecule has 2 rings (SSSR count). The summed E-state index contributed by atoms with van der Waals surface area (Å²) < 4.78 is 30.0. The fourth-order valence-corrected chi connectivity index (χ4v) is 3.10. The van der Waals surface area contributed by atoms with Crippen LogP contribution in [-0.4, -0.2) is 14.3 Å². The van der Waals surface area contributed by atoms with Gasteiger partial charge >= 0.3 is 10.1 Å². The predicted octanol–water partition coefficient (Wildman–Crippen LogP) is 3.48. The molecule has 1 amide bonds. The zero-order valence-corrected chi connectivity index (χ0v) is 14.4. The number of hydrogen-bond donors (Lipinski definition) is 1. The van der Waals surface area contributed by atoms with E-state index >= 15 is 0 Å². The first-order valence-electron chi connectivity index (χ1n) is 6.36. The molecule has 116 valence electrons. The maximum atomic E-state index is 12.2. The zero-order chi connectivity index (χ0) is 16.3. The van der Waals surface area contributed by atoms with Crippen molar-refractivity contribution in [1.82, 2.24) is 0 Å². The summed E-state index contributed by atoms with van der Waals surface area (Å²) in [4.78, 5) is 11.1. The summed E-state index contributed by atoms with van der Waals surface area (Å²) in [5.41, 5.74) is 1.49. The molecule has 0 bridgehead atoms. The number of benzene rings is 2. The number of nitrogens with one attached hydrogen (secondary N) is 1. The number of halogens is 1. The van der Waals surface area contributed by atoms with Crippen LogP contribution in [0.1, 0.15) is 12.5 Å². The Morgan fingerprint density at radius 1 is 1.14 bits per heavy atom. The topological polar surface area (TPSA) is 72.5 Å². The minimum Gasteiger partial charge on any atom is -0.379 e. The van der Waals surface area contributed by atoms with Crippen LogP contribution in [0.4, 0.5) is 5.69 Å². The van der Waals surface area contributed by atoms with Crippen molar-refractivity contribution < 1.29 is 17.4 Å². The van der Waals surface area contributed by atoms with Crippen LogP contribution >= 0.6 is 15.9 Å². The summed E-state index contributed by atoms with van der Waals surface area (Å²) >= 11 is 3.26. The minimum absolute atomic E-state index is 0.0835. The minimum atomic E-state index is -3.89. The number of aryl methyl sites for hydroxylation is 1. The van der Waals surface area contributed by atoms with Crippen LogP contribution in [0.2, 0.25) is 0 Å². The van der Waals surface area contributed by atoms with Crippen molar-refractivity contribution in [3.05, 3.63) is 52.5 Å². The van der Waals surface area contributed by atoms with Crippen molar-refractivity contribution in [2.45, 2.75) is 18.7 Å². The summed E-state index contributed by atoms with van der Waals surface area (Å²) in [5.74, 6) is -0.0665. The van der Waals surface area contributed by atoms with Crippen molar-refractivity contribution >= 4 is 37.6 Å². The summed E-state index contributed by atoms with van der Waals surface area (Å²) in [5, 5.41) is 2.61. The third-order valence-electron chi connectivity index (χ3n) is 2.77. The van der Waals surface area contributed by atoms with Gasteiger partial charge in [0.1, 0.15) is 10.6 Å². The third-order valence-corrected chi connectivity index (χ3v) is 4.68. The van der Waals surface area contributed by atoms with Crippen LogP contribution in [0.3, 0.4) is 0 Å². The number of rotatable bonds is 4. The van der Waals surface area contributed by atoms with E-state index in [1.165, 1.54) is 31.2 Å². The van der Waals surface area contributed by atoms with Gasteiger partial charge in [-0.05, 0) is 53.2 Å². The van der Waals surface area contributed by atoms with E-state index in [1.807, 2.05) is 6.92 Å². The highest BCUT2D eigenvalue weighted by atomic mass is 79.9. The van der Waals surface area contributed by atoms with Gasteiger partial charge in [0.05, 0.1) is 5.69 Å². The Kier molecular flexibility index (Phi) is 4.87. The summed E-state index contributed by atoms with van der Waals surface area (Å²) in [6.07, 6.45) is 0. The molecule has 0 radical (unpaired) electrons. The lowest BCUT2D eigenvalue weighted by atomic mass is 10.2. The molecule has 0 saturated heterocycles. The van der Waals surface area contributed by atoms with Crippen molar-refractivity contribution in [3.63, 3.8) is 0 Å². The fourth-order valence-electron chi connectivity index (χ4n) is 1.72. The van der Waals surface area contributed by atoms with Crippen LogP contribution in [0.5, 0.6) is 5.75 Å². The smallest absolute Gasteiger partial charge is 0.339 e. The second kappa shape index (κ2) is 6.50. The molecule has 0 aromatic heterocycles. The van der Waals surface area contributed by atoms with Crippen molar-refractivity contribution in [1.29, 1.82) is 0 Å². The Balaban J connectivity index is 2.24. The summed E-state index contributed by atoms with van der Waals surface area (Å²) in [6, 6.07) is 10.9. The van der Waals surface area contributed by atoms with Crippen LogP contribution in [-0.2, 0) is 14.9 Å². The van der Waals surface area contributed by atoms with E-state index < -0.39 is 10.1 Å². The molecule has 0 spiro atoms. The molecular formula is C15H14BrNO4S. The Bertz CT molecular complexity index is 801. The van der Waals surface area contributed by atoms with E-state index in [1.54, 1.807) is 18.2 Å². The molecule has 5 nitrogen and oxygen atoms in total. The molecule has 0 aliphatic carbocycles. The summed E-state index contributed by atoms with van der Waals surface area (Å²) in [7, 11) is -3.89. The molecule has 22 heavy (non-hydrogen) atoms. The lowest BCUT2D eigenvalue weighted by molar-refractivity contribution is -0.114. The van der Waals surface area contributed by atoms with Crippen molar-refractivity contribution in [3.8, 4) is 5.75 Å². The molecule has 0 heterocycles. The van der Waals surface area contributed by atoms with Gasteiger partial charge in [-0.25, -0.2) is 0 Å². The quantitative estimate of drug-likeness (QED) is 0.820. The lowest BCUT2D eigenvalue weighted by Crippen LogP contribution is -2.10. The first-order valence-corrected chi connectivity index (χ1v) is 8.56. The highest BCUT2D eigenvalue weighted by Crippen LogP contribution is 2.29. The Morgan fingerprint density at radius 3 is 2.32 bits per heavy atom. The van der Waals surface area contributed by atoms with Gasteiger partial charge in [0.25, 0.3) is 0 Å². The Hall–Kier alpha value is -1.86. The molecule has 0 aliphatic heterocycles. The largest absolute Gasteiger partial charge is 0.379 e. The zero-order valence-electron chi connectivity index (χ0n) is 12.0. The maximum absolute atomic E-state index is 12.2. The van der Waals surface area contributed by atoms with Gasteiger partial charge in [0.15, 0.2) is 0 Å². The molecule has 7 heteroatoms. The Labute approximate surface area is 137 Å². The van der Waals surface area contributed by atoms with Gasteiger partial charge in [-0.3, -0.25) is 4.79 Å². The predicted molar refractivity (Wildman–Crippen MR) is 87.4 cm³/mol. The average molecular weight is 384 g/mol. The second-order valence-electron chi connectivity index (χ2n) is 4.67. The summed E-state index contributed by atoms with van der Waals surface area (Å²) in [6.45, 7) is 3.26. The normalized spacial score (nSPS) is 11.0. The molecule has 0 fully saturated rings. The van der Waals surface area contributed by atoms with Gasteiger partial charge < -0.3 is 9.50 Å². The van der Waals surface area contributed by atoms with Crippen molar-refractivity contribution in [2.24, 2.45) is 0 Å². The third kappa shape index (κ3) is 4.08. The molecule has 0 atom stereocenters. The number of carbonyl (C=O) groups excluding carboxylic acids is 1. The first kappa shape index (κ1) is 16.5. The second-order valence-corrected chi connectivity index (χ2v) is 7.07. The molecule has 2 aromatic rings. The van der Waals surface area contributed by atoms with E-state index in [2.05, 4.69) is 21.2 Å². The molecule has 2 aromatic carbocycles. The van der Waals surface area contributed by atoms with Crippen LogP contribution in [0.15, 0.2) is 51.8 Å². The van der Waals surface area contributed by atoms with E-state index in [4.69, 9.17) is 4.18 Å². The molecule has 0 unspecified atom stereocenters. The van der Waals surface area contributed by atoms with E-state index in [0.29, 0.717) is 10.2 Å². The number of carbonyl (C=O) groups is 1. The van der Waals surface area contributed by atoms with Gasteiger partial charge in [-0.15, -0.1) is 0 Å². The number of hydrogen-bond acceptors (Lipinski definition) is 4. The number of anilines is 1. The lowest BCUT2D eigenvalue weighted by Gasteiger charge is -2.10. The Morgan fingerprint density at radius 2 is 1.77 bits per heavy atom. The van der Waals surface area contributed by atoms with E-state index in [-0.39, 0.29) is 16.6 Å². The van der Waals surface area contributed by atoms with E-state index in [0.717, 1.165) is 5.56 Å². The first-order chi connectivity index (χ1) is 10.3. The van der Waals surface area contributed by atoms with E-state index in [9.17, 15) is 13.2 Å². The monoisotopic (exact) mass is 383 g/mol. The number of amides is 1. The molecular weight excluding hydrogens is 370 g/mol. The van der Waals surface area contributed by atoms with Crippen molar-refractivity contribution in [2.75, 3.05) is 5.32 Å². The van der Waals surface area contributed by atoms with Gasteiger partial charge in [-0.1, -0.05) is 17.7 Å². The van der Waals surface area contributed by atoms with Gasteiger partial charge in [0.2, 0.25) is 5.91 Å². The highest BCUT2D eigenvalue weighted by molar-refractivity contribution is 9.10. The molecule has 0 saturated carbocycles. The van der Waals surface area contributed by atoms with Crippen LogP contribution in [0.25, 0.3) is 0 Å².